The minimum atomic E-state index is -4.56. The predicted molar refractivity (Wildman–Crippen MR) is 124 cm³/mol. The summed E-state index contributed by atoms with van der Waals surface area (Å²) in [5.74, 6) is 0.129. The van der Waals surface area contributed by atoms with Crippen LogP contribution in [0.5, 0.6) is 5.75 Å². The second kappa shape index (κ2) is 9.43. The lowest BCUT2D eigenvalue weighted by Crippen LogP contribution is -2.33. The highest BCUT2D eigenvalue weighted by atomic mass is 19.4. The smallest absolute Gasteiger partial charge is 0.416 e. The van der Waals surface area contributed by atoms with E-state index in [2.05, 4.69) is 5.32 Å². The van der Waals surface area contributed by atoms with E-state index >= 15 is 0 Å². The highest BCUT2D eigenvalue weighted by molar-refractivity contribution is 5.97. The molecular weight excluding hydrogens is 445 g/mol. The van der Waals surface area contributed by atoms with Crippen molar-refractivity contribution in [2.24, 2.45) is 0 Å². The molecule has 3 aromatic carbocycles. The van der Waals surface area contributed by atoms with Gasteiger partial charge in [0.15, 0.2) is 0 Å². The van der Waals surface area contributed by atoms with Gasteiger partial charge in [0.2, 0.25) is 0 Å². The first kappa shape index (κ1) is 23.1. The van der Waals surface area contributed by atoms with E-state index in [1.807, 2.05) is 24.3 Å². The minimum Gasteiger partial charge on any atom is -0.497 e. The Labute approximate surface area is 193 Å². The molecule has 0 unspecified atom stereocenters. The first-order valence-corrected chi connectivity index (χ1v) is 10.5. The monoisotopic (exact) mass is 466 g/mol. The van der Waals surface area contributed by atoms with Gasteiger partial charge in [0.1, 0.15) is 11.3 Å². The zero-order chi connectivity index (χ0) is 24.3. The third-order valence-corrected chi connectivity index (χ3v) is 5.45. The second-order valence-corrected chi connectivity index (χ2v) is 7.66. The summed E-state index contributed by atoms with van der Waals surface area (Å²) in [4.78, 5) is 26.2. The van der Waals surface area contributed by atoms with E-state index in [0.29, 0.717) is 17.3 Å². The number of halogens is 3. The number of rotatable bonds is 6. The van der Waals surface area contributed by atoms with Gasteiger partial charge in [-0.25, -0.2) is 0 Å². The quantitative estimate of drug-likeness (QED) is 0.436. The van der Waals surface area contributed by atoms with Gasteiger partial charge in [0.05, 0.1) is 18.2 Å². The zero-order valence-corrected chi connectivity index (χ0v) is 18.2. The lowest BCUT2D eigenvalue weighted by atomic mass is 10.1. The Kier molecular flexibility index (Phi) is 6.40. The minimum absolute atomic E-state index is 0.0314. The number of hydrogen-bond acceptors (Lipinski definition) is 3. The van der Waals surface area contributed by atoms with Crippen LogP contribution in [0.15, 0.2) is 83.7 Å². The molecule has 0 fully saturated rings. The van der Waals surface area contributed by atoms with Gasteiger partial charge in [0, 0.05) is 12.2 Å². The van der Waals surface area contributed by atoms with E-state index in [1.54, 1.807) is 31.4 Å². The molecule has 5 nitrogen and oxygen atoms in total. The van der Waals surface area contributed by atoms with Gasteiger partial charge < -0.3 is 10.1 Å². The summed E-state index contributed by atoms with van der Waals surface area (Å²) in [6.45, 7) is 0.279. The summed E-state index contributed by atoms with van der Waals surface area (Å²) < 4.78 is 46.1. The zero-order valence-electron chi connectivity index (χ0n) is 18.2. The van der Waals surface area contributed by atoms with E-state index < -0.39 is 23.2 Å². The molecule has 0 spiro atoms. The number of carbonyl (C=O) groups is 1. The van der Waals surface area contributed by atoms with E-state index in [4.69, 9.17) is 4.74 Å². The predicted octanol–water partition coefficient (Wildman–Crippen LogP) is 4.99. The van der Waals surface area contributed by atoms with Crippen molar-refractivity contribution in [1.82, 2.24) is 9.88 Å². The van der Waals surface area contributed by atoms with Gasteiger partial charge >= 0.3 is 6.18 Å². The summed E-state index contributed by atoms with van der Waals surface area (Å²) in [6.07, 6.45) is -4.03. The van der Waals surface area contributed by atoms with E-state index in [1.165, 1.54) is 18.2 Å². The van der Waals surface area contributed by atoms with Gasteiger partial charge in [-0.1, -0.05) is 36.4 Å². The van der Waals surface area contributed by atoms with Crippen molar-refractivity contribution in [3.05, 3.63) is 106 Å². The van der Waals surface area contributed by atoms with Gasteiger partial charge in [-0.2, -0.15) is 13.2 Å². The summed E-state index contributed by atoms with van der Waals surface area (Å²) in [6, 6.07) is 20.1. The van der Waals surface area contributed by atoms with Gasteiger partial charge in [-0.05, 0) is 59.8 Å². The Bertz CT molecular complexity index is 1390. The van der Waals surface area contributed by atoms with Crippen molar-refractivity contribution in [2.75, 3.05) is 13.7 Å². The van der Waals surface area contributed by atoms with Gasteiger partial charge in [0.25, 0.3) is 11.5 Å². The maximum absolute atomic E-state index is 13.3. The number of nitrogens with one attached hydrogen (secondary N) is 1. The maximum Gasteiger partial charge on any atom is 0.416 e. The third-order valence-electron chi connectivity index (χ3n) is 5.45. The van der Waals surface area contributed by atoms with Crippen molar-refractivity contribution < 1.29 is 22.7 Å². The van der Waals surface area contributed by atoms with Gasteiger partial charge in [-0.15, -0.1) is 0 Å². The Hall–Kier alpha value is -4.07. The van der Waals surface area contributed by atoms with Crippen molar-refractivity contribution >= 4 is 16.8 Å². The number of hydrogen-bond donors (Lipinski definition) is 1. The molecule has 1 heterocycles. The molecule has 4 rings (SSSR count). The number of fused-ring (bicyclic) bond motifs is 1. The Morgan fingerprint density at radius 2 is 1.71 bits per heavy atom. The molecule has 0 atom stereocenters. The highest BCUT2D eigenvalue weighted by Crippen LogP contribution is 2.30. The number of ether oxygens (including phenoxy) is 1. The number of carbonyl (C=O) groups excluding carboxylic acids is 1. The Morgan fingerprint density at radius 3 is 2.41 bits per heavy atom. The van der Waals surface area contributed by atoms with Crippen LogP contribution in [0.2, 0.25) is 0 Å². The average Bonchev–Trinajstić information content (AvgIpc) is 2.83. The molecule has 1 N–H and O–H groups in total. The summed E-state index contributed by atoms with van der Waals surface area (Å²) in [5.41, 5.74) is -0.312. The van der Waals surface area contributed by atoms with Crippen molar-refractivity contribution in [1.29, 1.82) is 0 Å². The van der Waals surface area contributed by atoms with Crippen molar-refractivity contribution in [3.63, 3.8) is 0 Å². The van der Waals surface area contributed by atoms with Crippen LogP contribution in [0.3, 0.4) is 0 Å². The number of methoxy groups -OCH3 is 1. The van der Waals surface area contributed by atoms with E-state index in [9.17, 15) is 22.8 Å². The molecule has 174 valence electrons. The van der Waals surface area contributed by atoms with Crippen LogP contribution in [-0.4, -0.2) is 24.1 Å². The maximum atomic E-state index is 13.3. The Balaban J connectivity index is 1.67. The molecule has 1 aromatic heterocycles. The van der Waals surface area contributed by atoms with Crippen molar-refractivity contribution in [2.45, 2.75) is 12.6 Å². The lowest BCUT2D eigenvalue weighted by Gasteiger charge is -2.15. The van der Waals surface area contributed by atoms with Crippen LogP contribution in [0, 0.1) is 0 Å². The number of para-hydroxylation sites is 1. The van der Waals surface area contributed by atoms with Crippen molar-refractivity contribution in [3.8, 4) is 11.4 Å². The largest absolute Gasteiger partial charge is 0.497 e. The van der Waals surface area contributed by atoms with Crippen LogP contribution >= 0.6 is 0 Å². The third kappa shape index (κ3) is 4.80. The fourth-order valence-corrected chi connectivity index (χ4v) is 3.71. The summed E-state index contributed by atoms with van der Waals surface area (Å²) in [5, 5.41) is 3.29. The average molecular weight is 466 g/mol. The topological polar surface area (TPSA) is 60.3 Å². The lowest BCUT2D eigenvalue weighted by molar-refractivity contribution is -0.137. The second-order valence-electron chi connectivity index (χ2n) is 7.66. The number of amides is 1. The SMILES string of the molecule is COc1ccc(CCNC(=O)c2cc3ccccc3n(-c3cccc(C(F)(F)F)c3)c2=O)cc1. The van der Waals surface area contributed by atoms with E-state index in [0.717, 1.165) is 28.0 Å². The normalized spacial score (nSPS) is 11.4. The molecule has 0 bridgehead atoms. The van der Waals surface area contributed by atoms with Crippen LogP contribution < -0.4 is 15.6 Å². The molecular formula is C26H21F3N2O3. The molecule has 4 aromatic rings. The number of aromatic nitrogens is 1. The van der Waals surface area contributed by atoms with E-state index in [-0.39, 0.29) is 17.8 Å². The number of alkyl halides is 3. The van der Waals surface area contributed by atoms with Gasteiger partial charge in [-0.3, -0.25) is 14.2 Å². The molecule has 0 saturated heterocycles. The van der Waals surface area contributed by atoms with Crippen LogP contribution in [0.25, 0.3) is 16.6 Å². The molecule has 0 aliphatic heterocycles. The molecule has 1 amide bonds. The Morgan fingerprint density at radius 1 is 0.971 bits per heavy atom. The number of nitrogens with zero attached hydrogens (tertiary/aromatic N) is 1. The first-order chi connectivity index (χ1) is 16.3. The molecule has 0 aliphatic carbocycles. The fourth-order valence-electron chi connectivity index (χ4n) is 3.71. The molecule has 8 heteroatoms. The molecule has 0 radical (unpaired) electrons. The molecule has 34 heavy (non-hydrogen) atoms. The number of benzene rings is 3. The summed E-state index contributed by atoms with van der Waals surface area (Å²) >= 11 is 0. The number of pyridine rings is 1. The summed E-state index contributed by atoms with van der Waals surface area (Å²) in [7, 11) is 1.57. The van der Waals surface area contributed by atoms with Crippen LogP contribution in [-0.2, 0) is 12.6 Å². The standard InChI is InChI=1S/C26H21F3N2O3/c1-34-21-11-9-17(10-12-21)13-14-30-24(32)22-15-18-5-2-3-8-23(18)31(25(22)33)20-7-4-6-19(16-20)26(27,28)29/h2-12,15-16H,13-14H2,1H3,(H,30,32). The van der Waals surface area contributed by atoms with Crippen LogP contribution in [0.1, 0.15) is 21.5 Å². The highest BCUT2D eigenvalue weighted by Gasteiger charge is 2.30. The first-order valence-electron chi connectivity index (χ1n) is 10.5. The van der Waals surface area contributed by atoms with Crippen LogP contribution in [0.4, 0.5) is 13.2 Å². The molecule has 0 aliphatic rings. The fraction of sp³-hybridized carbons (Fsp3) is 0.154. The molecule has 0 saturated carbocycles.